The summed E-state index contributed by atoms with van der Waals surface area (Å²) in [6, 6.07) is 0. The average molecular weight is 213 g/mol. The molecule has 0 heterocycles. The molecule has 0 spiro atoms. The number of carboxylic acid groups (broad SMARTS) is 1. The molecule has 60 valence electrons. The predicted octanol–water partition coefficient (Wildman–Crippen LogP) is 1.32. The first-order valence-corrected chi connectivity index (χ1v) is 2.65. The van der Waals surface area contributed by atoms with Gasteiger partial charge in [0.2, 0.25) is 0 Å². The van der Waals surface area contributed by atoms with E-state index in [0.717, 1.165) is 0 Å². The van der Waals surface area contributed by atoms with Crippen LogP contribution in [0.5, 0.6) is 0 Å². The number of hydrogen-bond acceptors (Lipinski definition) is 1. The van der Waals surface area contributed by atoms with Crippen LogP contribution in [0, 0.1) is 0 Å². The van der Waals surface area contributed by atoms with E-state index in [4.69, 9.17) is 9.90 Å². The summed E-state index contributed by atoms with van der Waals surface area (Å²) in [6.07, 6.45) is -5.08. The molecule has 0 unspecified atom stereocenters. The zero-order valence-corrected chi connectivity index (χ0v) is 5.37. The molecule has 0 aromatic heterocycles. The van der Waals surface area contributed by atoms with E-state index in [2.05, 4.69) is 25.2 Å². The number of alkyl halides is 3. The topological polar surface area (TPSA) is 37.3 Å². The standard InChI is InChI=1S/C2HF3O2.ClH.Cu/c3-2(4,5)1(6)7;;/h(H,6,7);1H;/q;;+1/p-1. The van der Waals surface area contributed by atoms with E-state index in [1.165, 1.54) is 0 Å². The van der Waals surface area contributed by atoms with Crippen LogP contribution in [-0.2, 0) is 19.9 Å². The Morgan fingerprint density at radius 1 is 1.44 bits per heavy atom. The summed E-state index contributed by atoms with van der Waals surface area (Å²) < 4.78 is 31.7. The summed E-state index contributed by atoms with van der Waals surface area (Å²) in [5.74, 6) is -2.76. The van der Waals surface area contributed by atoms with Crippen LogP contribution < -0.4 is 0 Å². The van der Waals surface area contributed by atoms with Crippen LogP contribution in [0.15, 0.2) is 0 Å². The minimum absolute atomic E-state index is 2.76. The Kier molecular flexibility index (Phi) is 6.44. The second-order valence-electron chi connectivity index (χ2n) is 0.803. The minimum atomic E-state index is -5.08. The van der Waals surface area contributed by atoms with Crippen molar-refractivity contribution in [3.8, 4) is 0 Å². The molecular weight excluding hydrogens is 212 g/mol. The molecule has 0 aliphatic carbocycles. The number of carbonyl (C=O) groups is 1. The molecule has 0 saturated carbocycles. The Hall–Kier alpha value is 0.0695. The third kappa shape index (κ3) is 8.07. The van der Waals surface area contributed by atoms with Gasteiger partial charge < -0.3 is 5.11 Å². The summed E-state index contributed by atoms with van der Waals surface area (Å²) in [5, 5.41) is 7.12. The second kappa shape index (κ2) is 4.90. The van der Waals surface area contributed by atoms with Crippen LogP contribution in [0.4, 0.5) is 13.2 Å². The number of rotatable bonds is 0. The summed E-state index contributed by atoms with van der Waals surface area (Å²) in [7, 11) is 4.20. The molecule has 0 aliphatic rings. The molecular formula is C2HClCuF3O2. The zero-order valence-electron chi connectivity index (χ0n) is 3.67. The van der Waals surface area contributed by atoms with Gasteiger partial charge >= 0.3 is 37.3 Å². The van der Waals surface area contributed by atoms with Crippen molar-refractivity contribution in [1.29, 1.82) is 0 Å². The van der Waals surface area contributed by atoms with E-state index in [0.29, 0.717) is 0 Å². The zero-order chi connectivity index (χ0) is 8.08. The average Bonchev–Trinajstić information content (AvgIpc) is 1.69. The van der Waals surface area contributed by atoms with Gasteiger partial charge in [0, 0.05) is 0 Å². The Morgan fingerprint density at radius 2 is 1.56 bits per heavy atom. The van der Waals surface area contributed by atoms with Gasteiger partial charge in [-0.25, -0.2) is 4.79 Å². The van der Waals surface area contributed by atoms with E-state index < -0.39 is 12.1 Å². The van der Waals surface area contributed by atoms with Crippen molar-refractivity contribution in [2.24, 2.45) is 0 Å². The molecule has 0 aromatic rings. The molecule has 0 rings (SSSR count). The van der Waals surface area contributed by atoms with Crippen LogP contribution in [0.25, 0.3) is 0 Å². The molecule has 2 nitrogen and oxygen atoms in total. The van der Waals surface area contributed by atoms with Crippen LogP contribution in [-0.4, -0.2) is 17.3 Å². The summed E-state index contributed by atoms with van der Waals surface area (Å²) in [6.45, 7) is 0. The molecule has 0 amide bonds. The third-order valence-electron chi connectivity index (χ3n) is 0.243. The van der Waals surface area contributed by atoms with Crippen molar-refractivity contribution in [2.75, 3.05) is 0 Å². The SMILES string of the molecule is O=C(O)C(F)(F)F.[Cl][Cu]. The molecule has 0 atom stereocenters. The van der Waals surface area contributed by atoms with Crippen molar-refractivity contribution >= 4 is 16.1 Å². The maximum absolute atomic E-state index is 10.6. The number of carboxylic acids is 1. The van der Waals surface area contributed by atoms with Gasteiger partial charge in [-0.3, -0.25) is 0 Å². The number of halogens is 4. The molecule has 0 bridgehead atoms. The van der Waals surface area contributed by atoms with Gasteiger partial charge in [-0.05, 0) is 0 Å². The summed E-state index contributed by atoms with van der Waals surface area (Å²) in [4.78, 5) is 8.90. The van der Waals surface area contributed by atoms with Crippen LogP contribution in [0.3, 0.4) is 0 Å². The number of hydrogen-bond donors (Lipinski definition) is 1. The first-order valence-electron chi connectivity index (χ1n) is 1.36. The van der Waals surface area contributed by atoms with E-state index in [9.17, 15) is 13.2 Å². The van der Waals surface area contributed by atoms with E-state index in [1.54, 1.807) is 0 Å². The van der Waals surface area contributed by atoms with Gasteiger partial charge in [0.1, 0.15) is 0 Å². The summed E-state index contributed by atoms with van der Waals surface area (Å²) >= 11 is 3.66. The van der Waals surface area contributed by atoms with E-state index in [-0.39, 0.29) is 0 Å². The fourth-order valence-electron chi connectivity index (χ4n) is 0. The predicted molar refractivity (Wildman–Crippen MR) is 19.5 cm³/mol. The van der Waals surface area contributed by atoms with Crippen molar-refractivity contribution in [3.63, 3.8) is 0 Å². The van der Waals surface area contributed by atoms with Crippen molar-refractivity contribution in [3.05, 3.63) is 0 Å². The van der Waals surface area contributed by atoms with Gasteiger partial charge in [0.15, 0.2) is 0 Å². The molecule has 7 heteroatoms. The van der Waals surface area contributed by atoms with E-state index >= 15 is 0 Å². The van der Waals surface area contributed by atoms with Gasteiger partial charge in [-0.15, -0.1) is 0 Å². The van der Waals surface area contributed by atoms with Crippen LogP contribution in [0.1, 0.15) is 0 Å². The molecule has 0 aliphatic heterocycles. The van der Waals surface area contributed by atoms with Crippen LogP contribution >= 0.6 is 10.1 Å². The summed E-state index contributed by atoms with van der Waals surface area (Å²) in [5.41, 5.74) is 0. The first-order chi connectivity index (χ1) is 3.94. The molecule has 0 fully saturated rings. The third-order valence-corrected chi connectivity index (χ3v) is 0.243. The number of aliphatic carboxylic acids is 1. The first kappa shape index (κ1) is 11.8. The maximum atomic E-state index is 10.6. The molecule has 0 aromatic carbocycles. The van der Waals surface area contributed by atoms with Crippen molar-refractivity contribution < 1.29 is 38.2 Å². The molecule has 0 radical (unpaired) electrons. The Labute approximate surface area is 61.0 Å². The molecule has 9 heavy (non-hydrogen) atoms. The van der Waals surface area contributed by atoms with Gasteiger partial charge in [-0.2, -0.15) is 13.2 Å². The van der Waals surface area contributed by atoms with Crippen LogP contribution in [0.2, 0.25) is 0 Å². The fraction of sp³-hybridized carbons (Fsp3) is 0.500. The van der Waals surface area contributed by atoms with Crippen molar-refractivity contribution in [1.82, 2.24) is 0 Å². The monoisotopic (exact) mass is 212 g/mol. The quantitative estimate of drug-likeness (QED) is 0.616. The van der Waals surface area contributed by atoms with E-state index in [1.807, 2.05) is 0 Å². The van der Waals surface area contributed by atoms with Gasteiger partial charge in [0.25, 0.3) is 0 Å². The molecule has 1 N–H and O–H groups in total. The van der Waals surface area contributed by atoms with Gasteiger partial charge in [0.05, 0.1) is 0 Å². The molecule has 0 saturated heterocycles. The normalized spacial score (nSPS) is 9.56. The van der Waals surface area contributed by atoms with Crippen molar-refractivity contribution in [2.45, 2.75) is 6.18 Å². The Bertz CT molecular complexity index is 92.3. The second-order valence-corrected chi connectivity index (χ2v) is 0.803. The van der Waals surface area contributed by atoms with Gasteiger partial charge in [-0.1, -0.05) is 0 Å². The fourth-order valence-corrected chi connectivity index (χ4v) is 0. The Morgan fingerprint density at radius 3 is 1.56 bits per heavy atom. The Balaban J connectivity index is 0.